The summed E-state index contributed by atoms with van der Waals surface area (Å²) in [6, 6.07) is 0.212. The van der Waals surface area contributed by atoms with Crippen molar-refractivity contribution in [3.8, 4) is 0 Å². The Morgan fingerprint density at radius 1 is 1.39 bits per heavy atom. The summed E-state index contributed by atoms with van der Waals surface area (Å²) in [5.41, 5.74) is 1.09. The van der Waals surface area contributed by atoms with Crippen LogP contribution < -0.4 is 0 Å². The third-order valence-corrected chi connectivity index (χ3v) is 6.11. The molecule has 23 heavy (non-hydrogen) atoms. The summed E-state index contributed by atoms with van der Waals surface area (Å²) in [4.78, 5) is 21.5. The lowest BCUT2D eigenvalue weighted by molar-refractivity contribution is -0.129. The largest absolute Gasteiger partial charge is 0.390 e. The van der Waals surface area contributed by atoms with Crippen LogP contribution in [0.1, 0.15) is 61.2 Å². The van der Waals surface area contributed by atoms with Crippen molar-refractivity contribution >= 4 is 17.2 Å². The molecular formula is C17H29N3O2S. The fraction of sp³-hybridized carbons (Fsp3) is 0.765. The van der Waals surface area contributed by atoms with Gasteiger partial charge in [0.15, 0.2) is 0 Å². The Labute approximate surface area is 143 Å². The predicted octanol–water partition coefficient (Wildman–Crippen LogP) is 2.55. The zero-order valence-corrected chi connectivity index (χ0v) is 15.7. The number of aryl methyl sites for hydroxylation is 1. The number of aliphatic hydroxyl groups is 1. The van der Waals surface area contributed by atoms with Gasteiger partial charge in [-0.25, -0.2) is 4.98 Å². The molecule has 2 rings (SSSR count). The van der Waals surface area contributed by atoms with Gasteiger partial charge in [0, 0.05) is 42.9 Å². The predicted molar refractivity (Wildman–Crippen MR) is 93.8 cm³/mol. The van der Waals surface area contributed by atoms with Crippen molar-refractivity contribution in [1.82, 2.24) is 14.8 Å². The highest BCUT2D eigenvalue weighted by atomic mass is 32.1. The van der Waals surface area contributed by atoms with E-state index in [9.17, 15) is 9.90 Å². The van der Waals surface area contributed by atoms with Crippen LogP contribution in [0.2, 0.25) is 0 Å². The summed E-state index contributed by atoms with van der Waals surface area (Å²) in [7, 11) is 2.02. The van der Waals surface area contributed by atoms with Crippen LogP contribution in [0.25, 0.3) is 0 Å². The Bertz CT molecular complexity index is 544. The van der Waals surface area contributed by atoms with E-state index in [1.807, 2.05) is 7.05 Å². The molecule has 2 unspecified atom stereocenters. The second-order valence-electron chi connectivity index (χ2n) is 6.87. The summed E-state index contributed by atoms with van der Waals surface area (Å²) in [6.07, 6.45) is 1.02. The zero-order valence-electron chi connectivity index (χ0n) is 14.9. The monoisotopic (exact) mass is 339 g/mol. The van der Waals surface area contributed by atoms with Crippen molar-refractivity contribution in [2.45, 2.75) is 58.6 Å². The average Bonchev–Trinajstić information content (AvgIpc) is 3.04. The molecule has 6 heteroatoms. The van der Waals surface area contributed by atoms with E-state index in [2.05, 4.69) is 37.6 Å². The Kier molecular flexibility index (Phi) is 6.17. The molecule has 2 heterocycles. The number of nitrogens with zero attached hydrogens (tertiary/aromatic N) is 3. The Morgan fingerprint density at radius 3 is 2.61 bits per heavy atom. The van der Waals surface area contributed by atoms with Gasteiger partial charge in [-0.1, -0.05) is 13.8 Å². The molecule has 1 aromatic heterocycles. The lowest BCUT2D eigenvalue weighted by Crippen LogP contribution is -2.40. The van der Waals surface area contributed by atoms with Gasteiger partial charge in [-0.05, 0) is 27.3 Å². The van der Waals surface area contributed by atoms with Crippen LogP contribution in [-0.4, -0.2) is 58.6 Å². The van der Waals surface area contributed by atoms with Gasteiger partial charge in [0.25, 0.3) is 0 Å². The fourth-order valence-electron chi connectivity index (χ4n) is 2.96. The van der Waals surface area contributed by atoms with Gasteiger partial charge in [-0.3, -0.25) is 9.69 Å². The summed E-state index contributed by atoms with van der Waals surface area (Å²) in [5, 5.41) is 11.5. The van der Waals surface area contributed by atoms with E-state index in [1.54, 1.807) is 16.2 Å². The molecule has 1 saturated heterocycles. The maximum atomic E-state index is 11.7. The number of hydrogen-bond acceptors (Lipinski definition) is 5. The van der Waals surface area contributed by atoms with Crippen LogP contribution in [0.15, 0.2) is 0 Å². The smallest absolute Gasteiger partial charge is 0.222 e. The topological polar surface area (TPSA) is 56.7 Å². The van der Waals surface area contributed by atoms with Crippen molar-refractivity contribution in [3.05, 3.63) is 15.6 Å². The minimum atomic E-state index is -0.512. The average molecular weight is 340 g/mol. The maximum absolute atomic E-state index is 11.7. The quantitative estimate of drug-likeness (QED) is 0.829. The summed E-state index contributed by atoms with van der Waals surface area (Å²) in [5.74, 6) is 0.608. The van der Waals surface area contributed by atoms with Gasteiger partial charge in [0.2, 0.25) is 5.91 Å². The van der Waals surface area contributed by atoms with Crippen molar-refractivity contribution in [1.29, 1.82) is 0 Å². The number of thiazole rings is 1. The fourth-order valence-corrected chi connectivity index (χ4v) is 4.15. The number of β-amino-alcohol motifs (C(OH)–C–C–N with tert-alkyl or cyclic N) is 1. The van der Waals surface area contributed by atoms with E-state index in [-0.39, 0.29) is 11.9 Å². The molecule has 0 radical (unpaired) electrons. The van der Waals surface area contributed by atoms with Crippen molar-refractivity contribution in [2.75, 3.05) is 26.7 Å². The van der Waals surface area contributed by atoms with Gasteiger partial charge in [0.1, 0.15) is 0 Å². The number of aliphatic hydroxyl groups excluding tert-OH is 1. The molecule has 5 nitrogen and oxygen atoms in total. The number of carbonyl (C=O) groups excluding carboxylic acids is 1. The number of likely N-dealkylation sites (tertiary alicyclic amines) is 1. The third-order valence-electron chi connectivity index (χ3n) is 4.48. The number of hydrogen-bond donors (Lipinski definition) is 1. The molecule has 1 aliphatic heterocycles. The molecule has 0 saturated carbocycles. The number of aromatic nitrogens is 1. The van der Waals surface area contributed by atoms with E-state index in [0.29, 0.717) is 25.4 Å². The first-order valence-corrected chi connectivity index (χ1v) is 9.24. The second kappa shape index (κ2) is 7.73. The second-order valence-corrected chi connectivity index (χ2v) is 7.93. The Balaban J connectivity index is 1.93. The minimum Gasteiger partial charge on any atom is -0.390 e. The summed E-state index contributed by atoms with van der Waals surface area (Å²) < 4.78 is 0. The molecule has 0 aromatic carbocycles. The first kappa shape index (κ1) is 18.4. The SMILES string of the molecule is Cc1nc(C(C)C)sc1C(C)N(C)CC(O)CN1CCCC1=O. The highest BCUT2D eigenvalue weighted by molar-refractivity contribution is 7.11. The molecule has 130 valence electrons. The first-order chi connectivity index (χ1) is 10.8. The molecule has 1 amide bonds. The maximum Gasteiger partial charge on any atom is 0.222 e. The van der Waals surface area contributed by atoms with Crippen molar-refractivity contribution in [2.24, 2.45) is 0 Å². The van der Waals surface area contributed by atoms with Crippen LogP contribution in [0.5, 0.6) is 0 Å². The normalized spacial score (nSPS) is 18.3. The molecule has 2 atom stereocenters. The molecule has 1 N–H and O–H groups in total. The zero-order chi connectivity index (χ0) is 17.1. The molecule has 1 fully saturated rings. The number of rotatable bonds is 7. The Hall–Kier alpha value is -0.980. The Morgan fingerprint density at radius 2 is 2.09 bits per heavy atom. The van der Waals surface area contributed by atoms with Crippen LogP contribution in [-0.2, 0) is 4.79 Å². The van der Waals surface area contributed by atoms with Gasteiger partial charge < -0.3 is 10.0 Å². The highest BCUT2D eigenvalue weighted by Gasteiger charge is 2.25. The number of carbonyl (C=O) groups is 1. The van der Waals surface area contributed by atoms with E-state index >= 15 is 0 Å². The highest BCUT2D eigenvalue weighted by Crippen LogP contribution is 2.31. The van der Waals surface area contributed by atoms with Crippen LogP contribution in [0.4, 0.5) is 0 Å². The van der Waals surface area contributed by atoms with Crippen molar-refractivity contribution < 1.29 is 9.90 Å². The molecule has 1 aliphatic rings. The summed E-state index contributed by atoms with van der Waals surface area (Å²) >= 11 is 1.77. The van der Waals surface area contributed by atoms with Gasteiger partial charge >= 0.3 is 0 Å². The van der Waals surface area contributed by atoms with Crippen LogP contribution >= 0.6 is 11.3 Å². The van der Waals surface area contributed by atoms with Gasteiger partial charge in [-0.2, -0.15) is 0 Å². The summed E-state index contributed by atoms with van der Waals surface area (Å²) in [6.45, 7) is 10.3. The van der Waals surface area contributed by atoms with Gasteiger partial charge in [-0.15, -0.1) is 11.3 Å². The molecule has 0 aliphatic carbocycles. The van der Waals surface area contributed by atoms with E-state index in [4.69, 9.17) is 0 Å². The first-order valence-electron chi connectivity index (χ1n) is 8.42. The van der Waals surface area contributed by atoms with Crippen LogP contribution in [0.3, 0.4) is 0 Å². The molecule has 0 bridgehead atoms. The minimum absolute atomic E-state index is 0.166. The lowest BCUT2D eigenvalue weighted by Gasteiger charge is -2.28. The van der Waals surface area contributed by atoms with Crippen LogP contribution in [0, 0.1) is 6.92 Å². The lowest BCUT2D eigenvalue weighted by atomic mass is 10.2. The van der Waals surface area contributed by atoms with Crippen molar-refractivity contribution in [3.63, 3.8) is 0 Å². The van der Waals surface area contributed by atoms with Gasteiger partial charge in [0.05, 0.1) is 16.8 Å². The van der Waals surface area contributed by atoms with E-state index in [0.717, 1.165) is 18.7 Å². The van der Waals surface area contributed by atoms with E-state index in [1.165, 1.54) is 9.88 Å². The number of likely N-dealkylation sites (N-methyl/N-ethyl adjacent to an activating group) is 1. The molecule has 0 spiro atoms. The standard InChI is InChI=1S/C17H29N3O2S/c1-11(2)17-18-12(3)16(23-17)13(4)19(5)9-14(21)10-20-8-6-7-15(20)22/h11,13-14,21H,6-10H2,1-5H3. The molecular weight excluding hydrogens is 310 g/mol. The van der Waals surface area contributed by atoms with E-state index < -0.39 is 6.10 Å². The molecule has 1 aromatic rings. The number of amides is 1. The third kappa shape index (κ3) is 4.52.